The molecule has 0 saturated heterocycles. The minimum absolute atomic E-state index is 0.110. The highest BCUT2D eigenvalue weighted by Gasteiger charge is 2.27. The van der Waals surface area contributed by atoms with Crippen molar-refractivity contribution >= 4 is 38.6 Å². The smallest absolute Gasteiger partial charge is 0.241 e. The number of sulfonamides is 1. The summed E-state index contributed by atoms with van der Waals surface area (Å²) >= 11 is 1.42. The van der Waals surface area contributed by atoms with E-state index in [4.69, 9.17) is 0 Å². The number of hydrogen-bond acceptors (Lipinski definition) is 6. The number of thiazole rings is 1. The number of rotatable bonds is 6. The predicted octanol–water partition coefficient (Wildman–Crippen LogP) is 4.58. The average molecular weight is 473 g/mol. The number of carbonyl (C=O) groups excluding carboxylic acids is 1. The Labute approximate surface area is 193 Å². The second-order valence-corrected chi connectivity index (χ2v) is 11.2. The van der Waals surface area contributed by atoms with Gasteiger partial charge in [-0.2, -0.15) is 0 Å². The van der Waals surface area contributed by atoms with Crippen molar-refractivity contribution in [1.82, 2.24) is 9.71 Å². The molecule has 32 heavy (non-hydrogen) atoms. The van der Waals surface area contributed by atoms with Crippen LogP contribution in [0.25, 0.3) is 21.0 Å². The maximum Gasteiger partial charge on any atom is 0.241 e. The predicted molar refractivity (Wildman–Crippen MR) is 132 cm³/mol. The first kappa shape index (κ1) is 23.9. The highest BCUT2D eigenvalue weighted by Crippen LogP contribution is 2.37. The Balaban J connectivity index is 2.11. The normalized spacial score (nSPS) is 11.9. The standard InChI is InChI=1S/C23H28N4O3S2/c1-15(28)27(6)18-11-12-19(21(13-18)32(29,30)26-23(2,3)4)20-14-25-22(31-20)16-7-9-17(24-5)10-8-16/h7-14,24,26H,1-6H3. The molecule has 7 nitrogen and oxygen atoms in total. The van der Waals surface area contributed by atoms with E-state index in [2.05, 4.69) is 15.0 Å². The van der Waals surface area contributed by atoms with Gasteiger partial charge in [-0.05, 0) is 57.2 Å². The molecule has 0 unspecified atom stereocenters. The van der Waals surface area contributed by atoms with Crippen LogP contribution in [0.3, 0.4) is 0 Å². The van der Waals surface area contributed by atoms with E-state index in [-0.39, 0.29) is 10.8 Å². The number of anilines is 2. The van der Waals surface area contributed by atoms with Gasteiger partial charge >= 0.3 is 0 Å². The summed E-state index contributed by atoms with van der Waals surface area (Å²) in [7, 11) is -0.386. The lowest BCUT2D eigenvalue weighted by atomic mass is 10.1. The zero-order valence-corrected chi connectivity index (χ0v) is 20.7. The van der Waals surface area contributed by atoms with Crippen molar-refractivity contribution in [3.8, 4) is 21.0 Å². The molecule has 9 heteroatoms. The minimum Gasteiger partial charge on any atom is -0.388 e. The quantitative estimate of drug-likeness (QED) is 0.548. The topological polar surface area (TPSA) is 91.4 Å². The monoisotopic (exact) mass is 472 g/mol. The molecule has 0 aliphatic rings. The van der Waals surface area contributed by atoms with Crippen molar-refractivity contribution in [2.24, 2.45) is 0 Å². The van der Waals surface area contributed by atoms with Crippen LogP contribution in [0.4, 0.5) is 11.4 Å². The summed E-state index contributed by atoms with van der Waals surface area (Å²) in [4.78, 5) is 18.6. The van der Waals surface area contributed by atoms with Gasteiger partial charge in [0.2, 0.25) is 15.9 Å². The lowest BCUT2D eigenvalue weighted by Gasteiger charge is -2.23. The Kier molecular flexibility index (Phi) is 6.73. The van der Waals surface area contributed by atoms with E-state index in [1.165, 1.54) is 29.2 Å². The van der Waals surface area contributed by atoms with Crippen molar-refractivity contribution in [1.29, 1.82) is 0 Å². The van der Waals surface area contributed by atoms with E-state index in [1.54, 1.807) is 46.1 Å². The van der Waals surface area contributed by atoms with Gasteiger partial charge < -0.3 is 10.2 Å². The second-order valence-electron chi connectivity index (χ2n) is 8.47. The lowest BCUT2D eigenvalue weighted by Crippen LogP contribution is -2.40. The fourth-order valence-electron chi connectivity index (χ4n) is 3.10. The number of aromatic nitrogens is 1. The van der Waals surface area contributed by atoms with Gasteiger partial charge in [-0.1, -0.05) is 6.07 Å². The van der Waals surface area contributed by atoms with E-state index in [9.17, 15) is 13.2 Å². The molecule has 1 amide bonds. The summed E-state index contributed by atoms with van der Waals surface area (Å²) in [5.74, 6) is -0.185. The Morgan fingerprint density at radius 2 is 1.75 bits per heavy atom. The number of carbonyl (C=O) groups is 1. The van der Waals surface area contributed by atoms with E-state index < -0.39 is 15.6 Å². The van der Waals surface area contributed by atoms with Gasteiger partial charge in [-0.3, -0.25) is 4.79 Å². The van der Waals surface area contributed by atoms with Crippen LogP contribution in [0, 0.1) is 0 Å². The van der Waals surface area contributed by atoms with Gasteiger partial charge in [-0.15, -0.1) is 11.3 Å². The number of hydrogen-bond donors (Lipinski definition) is 2. The van der Waals surface area contributed by atoms with Crippen LogP contribution in [0.1, 0.15) is 27.7 Å². The average Bonchev–Trinajstić information content (AvgIpc) is 3.21. The first-order chi connectivity index (χ1) is 14.9. The summed E-state index contributed by atoms with van der Waals surface area (Å²) in [5, 5.41) is 3.87. The van der Waals surface area contributed by atoms with Crippen LogP contribution in [-0.4, -0.2) is 38.9 Å². The van der Waals surface area contributed by atoms with E-state index in [0.29, 0.717) is 11.3 Å². The van der Waals surface area contributed by atoms with Crippen molar-refractivity contribution in [2.75, 3.05) is 24.3 Å². The number of nitrogens with one attached hydrogen (secondary N) is 2. The van der Waals surface area contributed by atoms with E-state index >= 15 is 0 Å². The summed E-state index contributed by atoms with van der Waals surface area (Å²) in [5.41, 5.74) is 2.33. The zero-order valence-electron chi connectivity index (χ0n) is 19.1. The van der Waals surface area contributed by atoms with Crippen LogP contribution in [-0.2, 0) is 14.8 Å². The SMILES string of the molecule is CNc1ccc(-c2ncc(-c3ccc(N(C)C(C)=O)cc3S(=O)(=O)NC(C)(C)C)s2)cc1. The van der Waals surface area contributed by atoms with Crippen molar-refractivity contribution in [3.05, 3.63) is 48.7 Å². The molecule has 2 N–H and O–H groups in total. The largest absolute Gasteiger partial charge is 0.388 e. The first-order valence-corrected chi connectivity index (χ1v) is 12.4. The van der Waals surface area contributed by atoms with E-state index in [0.717, 1.165) is 21.1 Å². The summed E-state index contributed by atoms with van der Waals surface area (Å²) in [6.45, 7) is 6.80. The molecule has 1 aromatic heterocycles. The zero-order chi connectivity index (χ0) is 23.7. The Morgan fingerprint density at radius 1 is 1.09 bits per heavy atom. The minimum atomic E-state index is -3.86. The number of amides is 1. The molecule has 0 radical (unpaired) electrons. The molecule has 3 rings (SSSR count). The van der Waals surface area contributed by atoms with Gasteiger partial charge in [-0.25, -0.2) is 18.1 Å². The highest BCUT2D eigenvalue weighted by atomic mass is 32.2. The fourth-order valence-corrected chi connectivity index (χ4v) is 5.78. The molecule has 0 saturated carbocycles. The Hall–Kier alpha value is -2.75. The molecular weight excluding hydrogens is 444 g/mol. The third kappa shape index (κ3) is 5.35. The molecular formula is C23H28N4O3S2. The highest BCUT2D eigenvalue weighted by molar-refractivity contribution is 7.89. The fraction of sp³-hybridized carbons (Fsp3) is 0.304. The van der Waals surface area contributed by atoms with Crippen LogP contribution in [0.5, 0.6) is 0 Å². The van der Waals surface area contributed by atoms with Gasteiger partial charge in [0.25, 0.3) is 0 Å². The summed E-state index contributed by atoms with van der Waals surface area (Å²) < 4.78 is 29.3. The lowest BCUT2D eigenvalue weighted by molar-refractivity contribution is -0.116. The molecule has 0 aliphatic heterocycles. The van der Waals surface area contributed by atoms with Crippen molar-refractivity contribution in [3.63, 3.8) is 0 Å². The maximum absolute atomic E-state index is 13.3. The molecule has 170 valence electrons. The van der Waals surface area contributed by atoms with Crippen LogP contribution >= 0.6 is 11.3 Å². The molecule has 0 aliphatic carbocycles. The third-order valence-electron chi connectivity index (χ3n) is 4.75. The van der Waals surface area contributed by atoms with Gasteiger partial charge in [0, 0.05) is 55.3 Å². The van der Waals surface area contributed by atoms with Crippen molar-refractivity contribution < 1.29 is 13.2 Å². The van der Waals surface area contributed by atoms with Crippen LogP contribution in [0.2, 0.25) is 0 Å². The Morgan fingerprint density at radius 3 is 2.31 bits per heavy atom. The molecule has 2 aromatic carbocycles. The van der Waals surface area contributed by atoms with E-state index in [1.807, 2.05) is 31.3 Å². The number of nitrogens with zero attached hydrogens (tertiary/aromatic N) is 2. The summed E-state index contributed by atoms with van der Waals surface area (Å²) in [6, 6.07) is 12.9. The molecule has 0 bridgehead atoms. The third-order valence-corrected chi connectivity index (χ3v) is 7.62. The van der Waals surface area contributed by atoms with Gasteiger partial charge in [0.15, 0.2) is 0 Å². The molecule has 3 aromatic rings. The van der Waals surface area contributed by atoms with Crippen molar-refractivity contribution in [2.45, 2.75) is 38.1 Å². The number of benzene rings is 2. The second kappa shape index (κ2) is 9.01. The Bertz CT molecular complexity index is 1230. The maximum atomic E-state index is 13.3. The van der Waals surface area contributed by atoms with Gasteiger partial charge in [0.1, 0.15) is 5.01 Å². The first-order valence-electron chi connectivity index (χ1n) is 10.1. The molecule has 0 spiro atoms. The molecule has 0 fully saturated rings. The van der Waals surface area contributed by atoms with Crippen LogP contribution < -0.4 is 14.9 Å². The van der Waals surface area contributed by atoms with Gasteiger partial charge in [0.05, 0.1) is 9.77 Å². The molecule has 1 heterocycles. The van der Waals surface area contributed by atoms with Crippen LogP contribution in [0.15, 0.2) is 53.6 Å². The molecule has 0 atom stereocenters. The summed E-state index contributed by atoms with van der Waals surface area (Å²) in [6.07, 6.45) is 1.69.